The number of hydrogen-bond donors (Lipinski definition) is 2. The molecule has 0 amide bonds. The van der Waals surface area contributed by atoms with Gasteiger partial charge in [-0.1, -0.05) is 0 Å². The average molecular weight is 252 g/mol. The van der Waals surface area contributed by atoms with Crippen molar-refractivity contribution in [1.29, 1.82) is 0 Å². The highest BCUT2D eigenvalue weighted by molar-refractivity contribution is 6.17. The molecule has 1 aromatic heterocycles. The van der Waals surface area contributed by atoms with Crippen molar-refractivity contribution < 1.29 is 9.90 Å². The summed E-state index contributed by atoms with van der Waals surface area (Å²) in [6, 6.07) is 5.15. The lowest BCUT2D eigenvalue weighted by molar-refractivity contribution is 0.0697. The Morgan fingerprint density at radius 2 is 2.18 bits per heavy atom. The van der Waals surface area contributed by atoms with Gasteiger partial charge in [-0.05, 0) is 43.0 Å². The summed E-state index contributed by atoms with van der Waals surface area (Å²) in [4.78, 5) is 14.1. The number of alkyl halides is 1. The maximum absolute atomic E-state index is 10.9. The van der Waals surface area contributed by atoms with Crippen molar-refractivity contribution in [2.75, 3.05) is 5.88 Å². The standard InChI is InChI=1S/C13H14ClNO2/c14-6-2-1-3-10-8-15-12-5-4-9(13(16)17)7-11(10)12/h4-5,7-8,15H,1-3,6H2,(H,16,17). The molecule has 3 nitrogen and oxygen atoms in total. The fourth-order valence-corrected chi connectivity index (χ4v) is 2.12. The zero-order valence-electron chi connectivity index (χ0n) is 9.37. The third kappa shape index (κ3) is 2.61. The number of fused-ring (bicyclic) bond motifs is 1. The van der Waals surface area contributed by atoms with Crippen molar-refractivity contribution in [3.63, 3.8) is 0 Å². The number of aromatic nitrogens is 1. The first-order chi connectivity index (χ1) is 8.22. The molecule has 17 heavy (non-hydrogen) atoms. The maximum atomic E-state index is 10.9. The van der Waals surface area contributed by atoms with E-state index in [1.165, 1.54) is 0 Å². The molecule has 2 rings (SSSR count). The summed E-state index contributed by atoms with van der Waals surface area (Å²) in [7, 11) is 0. The smallest absolute Gasteiger partial charge is 0.335 e. The van der Waals surface area contributed by atoms with Crippen molar-refractivity contribution >= 4 is 28.5 Å². The SMILES string of the molecule is O=C(O)c1ccc2[nH]cc(CCCCCl)c2c1. The minimum atomic E-state index is -0.889. The molecule has 0 unspecified atom stereocenters. The Morgan fingerprint density at radius 3 is 2.88 bits per heavy atom. The molecule has 1 heterocycles. The number of nitrogens with one attached hydrogen (secondary N) is 1. The van der Waals surface area contributed by atoms with E-state index in [1.807, 2.05) is 12.3 Å². The maximum Gasteiger partial charge on any atom is 0.335 e. The van der Waals surface area contributed by atoms with Gasteiger partial charge in [0.05, 0.1) is 5.56 Å². The molecule has 0 radical (unpaired) electrons. The van der Waals surface area contributed by atoms with Crippen molar-refractivity contribution in [2.45, 2.75) is 19.3 Å². The molecule has 0 spiro atoms. The molecule has 4 heteroatoms. The lowest BCUT2D eigenvalue weighted by Gasteiger charge is -1.99. The second-order valence-corrected chi connectivity index (χ2v) is 4.40. The fraction of sp³-hybridized carbons (Fsp3) is 0.308. The summed E-state index contributed by atoms with van der Waals surface area (Å²) in [6.45, 7) is 0. The Balaban J connectivity index is 2.30. The second kappa shape index (κ2) is 5.23. The van der Waals surface area contributed by atoms with Gasteiger partial charge in [0.1, 0.15) is 0 Å². The number of aryl methyl sites for hydroxylation is 1. The number of H-pyrrole nitrogens is 1. The molecular weight excluding hydrogens is 238 g/mol. The van der Waals surface area contributed by atoms with Gasteiger partial charge in [0.2, 0.25) is 0 Å². The normalized spacial score (nSPS) is 10.9. The molecular formula is C13H14ClNO2. The van der Waals surface area contributed by atoms with Gasteiger partial charge in [-0.15, -0.1) is 11.6 Å². The first kappa shape index (κ1) is 12.0. The highest BCUT2D eigenvalue weighted by atomic mass is 35.5. The van der Waals surface area contributed by atoms with Crippen molar-refractivity contribution in [2.24, 2.45) is 0 Å². The Bertz CT molecular complexity index is 533. The number of unbranched alkanes of at least 4 members (excludes halogenated alkanes) is 1. The summed E-state index contributed by atoms with van der Waals surface area (Å²) in [5, 5.41) is 9.96. The predicted molar refractivity (Wildman–Crippen MR) is 68.9 cm³/mol. The molecule has 0 fully saturated rings. The summed E-state index contributed by atoms with van der Waals surface area (Å²) in [5.41, 5.74) is 2.47. The van der Waals surface area contributed by atoms with Crippen LogP contribution in [0.1, 0.15) is 28.8 Å². The van der Waals surface area contributed by atoms with E-state index < -0.39 is 5.97 Å². The largest absolute Gasteiger partial charge is 0.478 e. The lowest BCUT2D eigenvalue weighted by Crippen LogP contribution is -1.95. The third-order valence-electron chi connectivity index (χ3n) is 2.84. The van der Waals surface area contributed by atoms with E-state index in [2.05, 4.69) is 4.98 Å². The quantitative estimate of drug-likeness (QED) is 0.632. The van der Waals surface area contributed by atoms with Crippen LogP contribution in [0.15, 0.2) is 24.4 Å². The number of hydrogen-bond acceptors (Lipinski definition) is 1. The van der Waals surface area contributed by atoms with E-state index in [4.69, 9.17) is 16.7 Å². The zero-order valence-corrected chi connectivity index (χ0v) is 10.1. The molecule has 0 aliphatic carbocycles. The van der Waals surface area contributed by atoms with Gasteiger partial charge in [-0.25, -0.2) is 4.79 Å². The van der Waals surface area contributed by atoms with Gasteiger partial charge in [-0.2, -0.15) is 0 Å². The molecule has 0 aliphatic rings. The predicted octanol–water partition coefficient (Wildman–Crippen LogP) is 3.43. The van der Waals surface area contributed by atoms with Crippen LogP contribution in [0.2, 0.25) is 0 Å². The number of benzene rings is 1. The van der Waals surface area contributed by atoms with Crippen LogP contribution in [0, 0.1) is 0 Å². The van der Waals surface area contributed by atoms with E-state index >= 15 is 0 Å². The first-order valence-corrected chi connectivity index (χ1v) is 6.15. The summed E-state index contributed by atoms with van der Waals surface area (Å²) in [5.74, 6) is -0.220. The second-order valence-electron chi connectivity index (χ2n) is 4.03. The monoisotopic (exact) mass is 251 g/mol. The summed E-state index contributed by atoms with van der Waals surface area (Å²) >= 11 is 5.64. The summed E-state index contributed by atoms with van der Waals surface area (Å²) < 4.78 is 0. The van der Waals surface area contributed by atoms with Crippen molar-refractivity contribution in [3.8, 4) is 0 Å². The van der Waals surface area contributed by atoms with Gasteiger partial charge in [-0.3, -0.25) is 0 Å². The van der Waals surface area contributed by atoms with E-state index in [0.717, 1.165) is 35.7 Å². The fourth-order valence-electron chi connectivity index (χ4n) is 1.93. The van der Waals surface area contributed by atoms with Crippen molar-refractivity contribution in [1.82, 2.24) is 4.98 Å². The first-order valence-electron chi connectivity index (χ1n) is 5.61. The number of carboxylic acids is 1. The Morgan fingerprint density at radius 1 is 1.35 bits per heavy atom. The number of aromatic amines is 1. The number of aromatic carboxylic acids is 1. The van der Waals surface area contributed by atoms with Crippen LogP contribution in [0.5, 0.6) is 0 Å². The van der Waals surface area contributed by atoms with Crippen LogP contribution in [0.3, 0.4) is 0 Å². The molecule has 0 atom stereocenters. The van der Waals surface area contributed by atoms with Gasteiger partial charge >= 0.3 is 5.97 Å². The highest BCUT2D eigenvalue weighted by Crippen LogP contribution is 2.21. The van der Waals surface area contributed by atoms with Gasteiger partial charge in [0.15, 0.2) is 0 Å². The average Bonchev–Trinajstić information content (AvgIpc) is 2.72. The van der Waals surface area contributed by atoms with Crippen LogP contribution in [0.4, 0.5) is 0 Å². The number of carboxylic acid groups (broad SMARTS) is 1. The zero-order chi connectivity index (χ0) is 12.3. The summed E-state index contributed by atoms with van der Waals surface area (Å²) in [6.07, 6.45) is 4.88. The lowest BCUT2D eigenvalue weighted by atomic mass is 10.1. The topological polar surface area (TPSA) is 53.1 Å². The molecule has 0 saturated heterocycles. The molecule has 90 valence electrons. The van der Waals surface area contributed by atoms with Gasteiger partial charge in [0.25, 0.3) is 0 Å². The van der Waals surface area contributed by atoms with Gasteiger partial charge < -0.3 is 10.1 Å². The number of halogens is 1. The molecule has 0 bridgehead atoms. The van der Waals surface area contributed by atoms with Gasteiger partial charge in [0, 0.05) is 23.0 Å². The minimum absolute atomic E-state index is 0.329. The number of rotatable bonds is 5. The Kier molecular flexibility index (Phi) is 3.69. The molecule has 2 aromatic rings. The van der Waals surface area contributed by atoms with Crippen LogP contribution in [-0.4, -0.2) is 21.9 Å². The van der Waals surface area contributed by atoms with E-state index in [1.54, 1.807) is 12.1 Å². The highest BCUT2D eigenvalue weighted by Gasteiger charge is 2.08. The van der Waals surface area contributed by atoms with Crippen molar-refractivity contribution in [3.05, 3.63) is 35.5 Å². The van der Waals surface area contributed by atoms with E-state index in [-0.39, 0.29) is 0 Å². The van der Waals surface area contributed by atoms with Crippen LogP contribution in [0.25, 0.3) is 10.9 Å². The van der Waals surface area contributed by atoms with Crippen LogP contribution >= 0.6 is 11.6 Å². The minimum Gasteiger partial charge on any atom is -0.478 e. The molecule has 0 saturated carbocycles. The molecule has 1 aromatic carbocycles. The Labute approximate surface area is 104 Å². The Hall–Kier alpha value is -1.48. The van der Waals surface area contributed by atoms with E-state index in [0.29, 0.717) is 11.4 Å². The molecule has 0 aliphatic heterocycles. The van der Waals surface area contributed by atoms with Crippen LogP contribution in [-0.2, 0) is 6.42 Å². The number of carbonyl (C=O) groups is 1. The third-order valence-corrected chi connectivity index (χ3v) is 3.11. The van der Waals surface area contributed by atoms with E-state index in [9.17, 15) is 4.79 Å². The van der Waals surface area contributed by atoms with Crippen LogP contribution < -0.4 is 0 Å². The molecule has 2 N–H and O–H groups in total.